The van der Waals surface area contributed by atoms with Crippen molar-refractivity contribution in [2.24, 2.45) is 0 Å². The lowest BCUT2D eigenvalue weighted by molar-refractivity contribution is 0.174. The van der Waals surface area contributed by atoms with Crippen molar-refractivity contribution in [1.82, 2.24) is 5.32 Å². The molecule has 0 aliphatic heterocycles. The number of nitrogens with one attached hydrogen (secondary N) is 2. The van der Waals surface area contributed by atoms with Gasteiger partial charge in [0.2, 0.25) is 0 Å². The van der Waals surface area contributed by atoms with Crippen molar-refractivity contribution in [1.29, 1.82) is 0 Å². The Morgan fingerprint density at radius 1 is 1.40 bits per heavy atom. The first kappa shape index (κ1) is 14.5. The summed E-state index contributed by atoms with van der Waals surface area (Å²) >= 11 is 1.46. The first-order valence-electron chi connectivity index (χ1n) is 6.09. The topological polar surface area (TPSA) is 61.4 Å². The standard InChI is InChI=1S/C14H15FN2O2S/c1-9-5-6-13(20-9)17-14(19)16-8-12(18)10-3-2-4-11(15)7-10/h2-7,12,18H,8H2,1H3,(H2,16,17,19)/t12-/m1/s1. The number of benzene rings is 1. The molecule has 2 amide bonds. The molecule has 2 aromatic rings. The molecule has 3 N–H and O–H groups in total. The number of carbonyl (C=O) groups is 1. The van der Waals surface area contributed by atoms with Crippen LogP contribution in [-0.4, -0.2) is 17.7 Å². The molecule has 4 nitrogen and oxygen atoms in total. The quantitative estimate of drug-likeness (QED) is 0.811. The van der Waals surface area contributed by atoms with E-state index in [-0.39, 0.29) is 6.54 Å². The maximum absolute atomic E-state index is 13.0. The summed E-state index contributed by atoms with van der Waals surface area (Å²) in [5.74, 6) is -0.417. The highest BCUT2D eigenvalue weighted by Crippen LogP contribution is 2.20. The average molecular weight is 294 g/mol. The van der Waals surface area contributed by atoms with E-state index in [4.69, 9.17) is 0 Å². The van der Waals surface area contributed by atoms with E-state index in [1.807, 2.05) is 19.1 Å². The van der Waals surface area contributed by atoms with E-state index in [9.17, 15) is 14.3 Å². The number of carbonyl (C=O) groups excluding carboxylic acids is 1. The van der Waals surface area contributed by atoms with Gasteiger partial charge in [0, 0.05) is 11.4 Å². The van der Waals surface area contributed by atoms with Gasteiger partial charge in [-0.15, -0.1) is 11.3 Å². The highest BCUT2D eigenvalue weighted by molar-refractivity contribution is 7.16. The van der Waals surface area contributed by atoms with Crippen LogP contribution in [0.4, 0.5) is 14.2 Å². The average Bonchev–Trinajstić information content (AvgIpc) is 2.81. The number of thiophene rings is 1. The summed E-state index contributed by atoms with van der Waals surface area (Å²) in [4.78, 5) is 12.7. The van der Waals surface area contributed by atoms with Crippen molar-refractivity contribution >= 4 is 22.4 Å². The Bertz CT molecular complexity index is 600. The normalized spacial score (nSPS) is 11.9. The maximum atomic E-state index is 13.0. The lowest BCUT2D eigenvalue weighted by Gasteiger charge is -2.12. The van der Waals surface area contributed by atoms with E-state index < -0.39 is 18.0 Å². The zero-order chi connectivity index (χ0) is 14.5. The zero-order valence-electron chi connectivity index (χ0n) is 10.9. The van der Waals surface area contributed by atoms with Gasteiger partial charge in [-0.25, -0.2) is 9.18 Å². The molecule has 0 saturated carbocycles. The number of hydrogen-bond acceptors (Lipinski definition) is 3. The number of hydrogen-bond donors (Lipinski definition) is 3. The van der Waals surface area contributed by atoms with Crippen LogP contribution in [0.25, 0.3) is 0 Å². The molecular weight excluding hydrogens is 279 g/mol. The van der Waals surface area contributed by atoms with Crippen molar-refractivity contribution in [3.8, 4) is 0 Å². The van der Waals surface area contributed by atoms with Crippen LogP contribution in [0.2, 0.25) is 0 Å². The molecule has 2 rings (SSSR count). The molecule has 1 aromatic heterocycles. The summed E-state index contributed by atoms with van der Waals surface area (Å²) in [5, 5.41) is 15.8. The third-order valence-electron chi connectivity index (χ3n) is 2.67. The number of amides is 2. The first-order chi connectivity index (χ1) is 9.54. The van der Waals surface area contributed by atoms with Gasteiger partial charge in [0.05, 0.1) is 11.1 Å². The third-order valence-corrected chi connectivity index (χ3v) is 3.58. The molecule has 6 heteroatoms. The first-order valence-corrected chi connectivity index (χ1v) is 6.91. The van der Waals surface area contributed by atoms with Gasteiger partial charge in [-0.05, 0) is 36.8 Å². The summed E-state index contributed by atoms with van der Waals surface area (Å²) in [7, 11) is 0. The molecule has 106 valence electrons. The van der Waals surface area contributed by atoms with Crippen molar-refractivity contribution < 1.29 is 14.3 Å². The Kier molecular flexibility index (Phi) is 4.70. The number of anilines is 1. The van der Waals surface area contributed by atoms with E-state index in [2.05, 4.69) is 10.6 Å². The Balaban J connectivity index is 1.84. The van der Waals surface area contributed by atoms with Gasteiger partial charge in [-0.1, -0.05) is 12.1 Å². The van der Waals surface area contributed by atoms with E-state index in [1.165, 1.54) is 29.5 Å². The number of halogens is 1. The van der Waals surface area contributed by atoms with Gasteiger partial charge in [0.1, 0.15) is 5.82 Å². The molecule has 20 heavy (non-hydrogen) atoms. The number of aliphatic hydroxyl groups is 1. The highest BCUT2D eigenvalue weighted by atomic mass is 32.1. The Hall–Kier alpha value is -1.92. The number of aryl methyl sites for hydroxylation is 1. The number of aliphatic hydroxyl groups excluding tert-OH is 1. The second kappa shape index (κ2) is 6.49. The molecule has 0 bridgehead atoms. The fraction of sp³-hybridized carbons (Fsp3) is 0.214. The summed E-state index contributed by atoms with van der Waals surface area (Å²) in [6, 6.07) is 8.98. The molecule has 0 spiro atoms. The van der Waals surface area contributed by atoms with E-state index in [0.29, 0.717) is 5.56 Å². The predicted molar refractivity (Wildman–Crippen MR) is 77.4 cm³/mol. The molecule has 1 heterocycles. The zero-order valence-corrected chi connectivity index (χ0v) is 11.7. The van der Waals surface area contributed by atoms with E-state index in [1.54, 1.807) is 6.07 Å². The van der Waals surface area contributed by atoms with Crippen LogP contribution in [0.5, 0.6) is 0 Å². The molecule has 0 aliphatic rings. The van der Waals surface area contributed by atoms with Crippen molar-refractivity contribution in [3.63, 3.8) is 0 Å². The van der Waals surface area contributed by atoms with Crippen molar-refractivity contribution in [2.75, 3.05) is 11.9 Å². The SMILES string of the molecule is Cc1ccc(NC(=O)NC[C@@H](O)c2cccc(F)c2)s1. The Labute approximate surface area is 120 Å². The summed E-state index contributed by atoms with van der Waals surface area (Å²) in [6.07, 6.45) is -0.943. The molecule has 1 atom stereocenters. The van der Waals surface area contributed by atoms with Crippen LogP contribution < -0.4 is 10.6 Å². The van der Waals surface area contributed by atoms with Crippen molar-refractivity contribution in [3.05, 3.63) is 52.7 Å². The van der Waals surface area contributed by atoms with Gasteiger partial charge in [0.15, 0.2) is 0 Å². The predicted octanol–water partition coefficient (Wildman–Crippen LogP) is 3.05. The molecule has 0 radical (unpaired) electrons. The van der Waals surface area contributed by atoms with Crippen LogP contribution in [0.3, 0.4) is 0 Å². The van der Waals surface area contributed by atoms with Crippen LogP contribution in [-0.2, 0) is 0 Å². The number of urea groups is 1. The van der Waals surface area contributed by atoms with Gasteiger partial charge < -0.3 is 10.4 Å². The Morgan fingerprint density at radius 2 is 2.20 bits per heavy atom. The maximum Gasteiger partial charge on any atom is 0.319 e. The molecule has 0 aliphatic carbocycles. The number of rotatable bonds is 4. The molecular formula is C14H15FN2O2S. The molecule has 0 unspecified atom stereocenters. The summed E-state index contributed by atoms with van der Waals surface area (Å²) in [5.41, 5.74) is 0.428. The van der Waals surface area contributed by atoms with Gasteiger partial charge in [0.25, 0.3) is 0 Å². The van der Waals surface area contributed by atoms with Gasteiger partial charge in [-0.3, -0.25) is 5.32 Å². The third kappa shape index (κ3) is 4.04. The smallest absolute Gasteiger partial charge is 0.319 e. The monoisotopic (exact) mass is 294 g/mol. The van der Waals surface area contributed by atoms with E-state index >= 15 is 0 Å². The lowest BCUT2D eigenvalue weighted by atomic mass is 10.1. The van der Waals surface area contributed by atoms with Gasteiger partial charge >= 0.3 is 6.03 Å². The van der Waals surface area contributed by atoms with Crippen LogP contribution in [0.15, 0.2) is 36.4 Å². The van der Waals surface area contributed by atoms with Crippen LogP contribution >= 0.6 is 11.3 Å². The second-order valence-corrected chi connectivity index (χ2v) is 5.60. The molecule has 0 fully saturated rings. The van der Waals surface area contributed by atoms with Crippen molar-refractivity contribution in [2.45, 2.75) is 13.0 Å². The summed E-state index contributed by atoms with van der Waals surface area (Å²) in [6.45, 7) is 1.96. The largest absolute Gasteiger partial charge is 0.387 e. The lowest BCUT2D eigenvalue weighted by Crippen LogP contribution is -2.32. The highest BCUT2D eigenvalue weighted by Gasteiger charge is 2.10. The Morgan fingerprint density at radius 3 is 2.85 bits per heavy atom. The summed E-state index contributed by atoms with van der Waals surface area (Å²) < 4.78 is 13.0. The van der Waals surface area contributed by atoms with E-state index in [0.717, 1.165) is 9.88 Å². The molecule has 1 aromatic carbocycles. The van der Waals surface area contributed by atoms with Gasteiger partial charge in [-0.2, -0.15) is 0 Å². The van der Waals surface area contributed by atoms with Crippen LogP contribution in [0.1, 0.15) is 16.5 Å². The second-order valence-electron chi connectivity index (χ2n) is 4.32. The minimum absolute atomic E-state index is 0.0135. The fourth-order valence-electron chi connectivity index (χ4n) is 1.68. The minimum Gasteiger partial charge on any atom is -0.387 e. The van der Waals surface area contributed by atoms with Crippen LogP contribution in [0, 0.1) is 12.7 Å². The minimum atomic E-state index is -0.943. The fourth-order valence-corrected chi connectivity index (χ4v) is 2.44. The molecule has 0 saturated heterocycles.